The van der Waals surface area contributed by atoms with Crippen LogP contribution in [0.25, 0.3) is 11.2 Å². The fourth-order valence-corrected chi connectivity index (χ4v) is 2.61. The lowest BCUT2D eigenvalue weighted by molar-refractivity contribution is -0.155. The molecule has 24 heavy (non-hydrogen) atoms. The number of fused-ring (bicyclic) bond motifs is 1. The van der Waals surface area contributed by atoms with Gasteiger partial charge in [0.2, 0.25) is 5.88 Å². The fourth-order valence-electron chi connectivity index (χ4n) is 2.61. The first-order valence-electron chi connectivity index (χ1n) is 7.28. The van der Waals surface area contributed by atoms with Crippen molar-refractivity contribution in [2.75, 3.05) is 6.61 Å². The highest BCUT2D eigenvalue weighted by molar-refractivity contribution is 5.75. The number of ether oxygens (including phenoxy) is 3. The molecule has 1 N–H and O–H groups in total. The van der Waals surface area contributed by atoms with Crippen LogP contribution in [-0.2, 0) is 23.8 Å². The normalized spacial score (nSPS) is 23.3. The van der Waals surface area contributed by atoms with E-state index < -0.39 is 30.4 Å². The zero-order chi connectivity index (χ0) is 17.3. The van der Waals surface area contributed by atoms with Crippen molar-refractivity contribution in [2.24, 2.45) is 0 Å². The van der Waals surface area contributed by atoms with Gasteiger partial charge >= 0.3 is 11.9 Å². The lowest BCUT2D eigenvalue weighted by Gasteiger charge is -2.17. The third-order valence-electron chi connectivity index (χ3n) is 3.60. The van der Waals surface area contributed by atoms with Crippen molar-refractivity contribution in [3.8, 4) is 5.88 Å². The van der Waals surface area contributed by atoms with Gasteiger partial charge < -0.3 is 19.3 Å². The molecule has 3 rings (SSSR count). The van der Waals surface area contributed by atoms with Crippen LogP contribution in [-0.4, -0.2) is 55.4 Å². The Morgan fingerprint density at radius 1 is 1.33 bits per heavy atom. The monoisotopic (exact) mass is 336 g/mol. The first-order chi connectivity index (χ1) is 11.5. The summed E-state index contributed by atoms with van der Waals surface area (Å²) < 4.78 is 17.7. The molecule has 1 aliphatic heterocycles. The third-order valence-corrected chi connectivity index (χ3v) is 3.60. The maximum absolute atomic E-state index is 11.3. The van der Waals surface area contributed by atoms with Crippen molar-refractivity contribution in [1.82, 2.24) is 19.5 Å². The van der Waals surface area contributed by atoms with Crippen LogP contribution in [0, 0.1) is 0 Å². The molecule has 3 heterocycles. The van der Waals surface area contributed by atoms with E-state index in [0.29, 0.717) is 12.1 Å². The van der Waals surface area contributed by atoms with E-state index >= 15 is 0 Å². The highest BCUT2D eigenvalue weighted by Gasteiger charge is 2.39. The van der Waals surface area contributed by atoms with E-state index in [1.807, 2.05) is 0 Å². The summed E-state index contributed by atoms with van der Waals surface area (Å²) >= 11 is 0. The number of rotatable bonds is 4. The van der Waals surface area contributed by atoms with Gasteiger partial charge in [0.15, 0.2) is 11.2 Å². The Balaban J connectivity index is 1.84. The molecule has 0 aliphatic carbocycles. The van der Waals surface area contributed by atoms with Crippen LogP contribution < -0.4 is 0 Å². The summed E-state index contributed by atoms with van der Waals surface area (Å²) in [5.74, 6) is -1.13. The second-order valence-corrected chi connectivity index (χ2v) is 5.34. The summed E-state index contributed by atoms with van der Waals surface area (Å²) in [5, 5.41) is 9.70. The molecular formula is C14H16N4O6. The van der Waals surface area contributed by atoms with Gasteiger partial charge in [-0.25, -0.2) is 9.97 Å². The van der Waals surface area contributed by atoms with E-state index in [9.17, 15) is 14.7 Å². The molecule has 10 nitrogen and oxygen atoms in total. The van der Waals surface area contributed by atoms with Gasteiger partial charge in [-0.15, -0.1) is 0 Å². The average molecular weight is 336 g/mol. The molecule has 0 bridgehead atoms. The van der Waals surface area contributed by atoms with Crippen molar-refractivity contribution < 1.29 is 28.9 Å². The second-order valence-electron chi connectivity index (χ2n) is 5.34. The second kappa shape index (κ2) is 6.40. The molecule has 0 saturated carbocycles. The summed E-state index contributed by atoms with van der Waals surface area (Å²) in [5.41, 5.74) is 0.635. The van der Waals surface area contributed by atoms with Crippen molar-refractivity contribution >= 4 is 23.1 Å². The quantitative estimate of drug-likeness (QED) is 0.785. The Morgan fingerprint density at radius 2 is 2.12 bits per heavy atom. The molecule has 1 saturated heterocycles. The molecule has 0 unspecified atom stereocenters. The molecule has 2 aromatic heterocycles. The Kier molecular flexibility index (Phi) is 4.30. The van der Waals surface area contributed by atoms with Gasteiger partial charge in [-0.05, 0) is 0 Å². The number of hydrogen-bond donors (Lipinski definition) is 1. The number of carbonyl (C=O) groups excluding carboxylic acids is 2. The smallest absolute Gasteiger partial charge is 0.303 e. The lowest BCUT2D eigenvalue weighted by atomic mass is 10.2. The minimum Gasteiger partial charge on any atom is -0.492 e. The summed E-state index contributed by atoms with van der Waals surface area (Å²) in [4.78, 5) is 34.1. The van der Waals surface area contributed by atoms with Crippen LogP contribution in [0.2, 0.25) is 0 Å². The fraction of sp³-hybridized carbons (Fsp3) is 0.500. The van der Waals surface area contributed by atoms with Gasteiger partial charge in [-0.1, -0.05) is 0 Å². The maximum Gasteiger partial charge on any atom is 0.303 e. The minimum atomic E-state index is -0.601. The van der Waals surface area contributed by atoms with Crippen LogP contribution in [0.4, 0.5) is 0 Å². The van der Waals surface area contributed by atoms with E-state index in [1.165, 1.54) is 26.5 Å². The zero-order valence-electron chi connectivity index (χ0n) is 13.1. The number of aromatic nitrogens is 4. The Hall–Kier alpha value is -2.75. The first kappa shape index (κ1) is 16.1. The van der Waals surface area contributed by atoms with E-state index in [-0.39, 0.29) is 18.0 Å². The highest BCUT2D eigenvalue weighted by Crippen LogP contribution is 2.33. The number of carbonyl (C=O) groups is 2. The van der Waals surface area contributed by atoms with E-state index in [4.69, 9.17) is 14.2 Å². The Morgan fingerprint density at radius 3 is 2.83 bits per heavy atom. The number of esters is 2. The van der Waals surface area contributed by atoms with Gasteiger partial charge in [0.1, 0.15) is 31.4 Å². The first-order valence-corrected chi connectivity index (χ1v) is 7.28. The molecule has 0 amide bonds. The summed E-state index contributed by atoms with van der Waals surface area (Å²) in [7, 11) is 0. The van der Waals surface area contributed by atoms with Crippen LogP contribution in [0.1, 0.15) is 26.5 Å². The predicted octanol–water partition coefficient (Wildman–Crippen LogP) is 0.314. The standard InChI is InChI=1S/C14H16N4O6/c1-7(19)22-4-10-9(23-8(2)20)3-11(24-10)18-6-17-12-13(18)15-5-16-14(12)21/h5-6,9-11H,3-4H2,1-2H3,(H,15,16,21)/t9-,10+,11+/m0/s1. The summed E-state index contributed by atoms with van der Waals surface area (Å²) in [6, 6.07) is 0. The molecule has 3 atom stereocenters. The van der Waals surface area contributed by atoms with Crippen molar-refractivity contribution in [1.29, 1.82) is 0 Å². The topological polar surface area (TPSA) is 126 Å². The Labute approximate surface area is 136 Å². The van der Waals surface area contributed by atoms with Crippen molar-refractivity contribution in [2.45, 2.75) is 38.7 Å². The van der Waals surface area contributed by atoms with E-state index in [0.717, 1.165) is 0 Å². The summed E-state index contributed by atoms with van der Waals surface area (Å²) in [6.45, 7) is 2.56. The SMILES string of the molecule is CC(=O)OC[C@H]1O[C@@H](n2cnc3c(O)ncnc32)C[C@@H]1OC(C)=O. The molecular weight excluding hydrogens is 320 g/mol. The molecule has 0 aromatic carbocycles. The van der Waals surface area contributed by atoms with Gasteiger partial charge in [0.25, 0.3) is 0 Å². The minimum absolute atomic E-state index is 0.0311. The molecule has 0 radical (unpaired) electrons. The zero-order valence-corrected chi connectivity index (χ0v) is 13.1. The van der Waals surface area contributed by atoms with Crippen LogP contribution in [0.5, 0.6) is 5.88 Å². The molecule has 0 spiro atoms. The molecule has 10 heteroatoms. The highest BCUT2D eigenvalue weighted by atomic mass is 16.6. The molecule has 1 fully saturated rings. The van der Waals surface area contributed by atoms with Gasteiger partial charge in [0, 0.05) is 20.3 Å². The van der Waals surface area contributed by atoms with Gasteiger partial charge in [-0.3, -0.25) is 14.2 Å². The van der Waals surface area contributed by atoms with Crippen molar-refractivity contribution in [3.05, 3.63) is 12.7 Å². The van der Waals surface area contributed by atoms with E-state index in [1.54, 1.807) is 4.57 Å². The average Bonchev–Trinajstić information content (AvgIpc) is 3.09. The summed E-state index contributed by atoms with van der Waals surface area (Å²) in [6.07, 6.45) is 1.31. The van der Waals surface area contributed by atoms with Crippen LogP contribution >= 0.6 is 0 Å². The number of aromatic hydroxyl groups is 1. The van der Waals surface area contributed by atoms with Crippen LogP contribution in [0.3, 0.4) is 0 Å². The van der Waals surface area contributed by atoms with Gasteiger partial charge in [-0.2, -0.15) is 4.98 Å². The third kappa shape index (κ3) is 3.13. The van der Waals surface area contributed by atoms with Crippen LogP contribution in [0.15, 0.2) is 12.7 Å². The molecule has 2 aromatic rings. The van der Waals surface area contributed by atoms with Crippen molar-refractivity contribution in [3.63, 3.8) is 0 Å². The predicted molar refractivity (Wildman–Crippen MR) is 77.7 cm³/mol. The maximum atomic E-state index is 11.3. The largest absolute Gasteiger partial charge is 0.492 e. The molecule has 128 valence electrons. The number of imidazole rings is 1. The molecule has 1 aliphatic rings. The van der Waals surface area contributed by atoms with E-state index in [2.05, 4.69) is 15.0 Å². The number of nitrogens with zero attached hydrogens (tertiary/aromatic N) is 4. The Bertz CT molecular complexity index is 776. The van der Waals surface area contributed by atoms with Gasteiger partial charge in [0.05, 0.1) is 6.33 Å². The lowest BCUT2D eigenvalue weighted by Crippen LogP contribution is -2.31. The number of hydrogen-bond acceptors (Lipinski definition) is 9.